The van der Waals surface area contributed by atoms with E-state index < -0.39 is 0 Å². The first-order valence-electron chi connectivity index (χ1n) is 1.12. The molecule has 0 bridgehead atoms. The first-order valence-corrected chi connectivity index (χ1v) is 3.45. The molecule has 0 rings (SSSR count). The van der Waals surface area contributed by atoms with Crippen LogP contribution in [0.25, 0.3) is 0 Å². The summed E-state index contributed by atoms with van der Waals surface area (Å²) in [4.78, 5) is 0. The van der Waals surface area contributed by atoms with Crippen molar-refractivity contribution in [3.63, 3.8) is 0 Å². The van der Waals surface area contributed by atoms with Crippen molar-refractivity contribution in [3.05, 3.63) is 0 Å². The van der Waals surface area contributed by atoms with Gasteiger partial charge >= 0.3 is 35.5 Å². The molecule has 0 aliphatic heterocycles. The van der Waals surface area contributed by atoms with Crippen molar-refractivity contribution in [3.8, 4) is 0 Å². The van der Waals surface area contributed by atoms with E-state index in [0.717, 1.165) is 0 Å². The molecular weight excluding hydrogens is 210 g/mol. The zero-order chi connectivity index (χ0) is 2.71. The van der Waals surface area contributed by atoms with Crippen LogP contribution in [0.15, 0.2) is 0 Å². The molecule has 2 radical (unpaired) electrons. The fourth-order valence-electron chi connectivity index (χ4n) is 0. The largest absolute Gasteiger partial charge is 0.147 e. The molecule has 32 valence electrons. The molecule has 0 aromatic heterocycles. The SMILES string of the molecule is C[CH2][In].Cl.Cl. The van der Waals surface area contributed by atoms with E-state index in [4.69, 9.17) is 0 Å². The standard InChI is InChI=1S/C2H5.2ClH.In/c1-2;;;/h1H2,2H3;2*1H;. The number of hydrogen-bond donors (Lipinski definition) is 0. The van der Waals surface area contributed by atoms with Gasteiger partial charge in [0.05, 0.1) is 0 Å². The molecule has 0 amide bonds. The molecule has 0 fully saturated rings. The van der Waals surface area contributed by atoms with Gasteiger partial charge in [-0.3, -0.25) is 0 Å². The maximum atomic E-state index is 2.18. The Kier molecular flexibility index (Phi) is 57.9. The Hall–Kier alpha value is 1.45. The smallest absolute Gasteiger partial charge is 0.147 e. The fraction of sp³-hybridized carbons (Fsp3) is 1.00. The number of halogens is 2. The summed E-state index contributed by atoms with van der Waals surface area (Å²) in [6.07, 6.45) is 0. The van der Waals surface area contributed by atoms with Gasteiger partial charge in [0.25, 0.3) is 0 Å². The third-order valence-electron chi connectivity index (χ3n) is 0. The maximum absolute atomic E-state index is 2.18. The van der Waals surface area contributed by atoms with Crippen LogP contribution in [0.1, 0.15) is 6.92 Å². The third-order valence-corrected chi connectivity index (χ3v) is 0. The van der Waals surface area contributed by atoms with Gasteiger partial charge in [-0.2, -0.15) is 0 Å². The monoisotopic (exact) mass is 216 g/mol. The van der Waals surface area contributed by atoms with Gasteiger partial charge in [0.1, 0.15) is 0 Å². The van der Waals surface area contributed by atoms with E-state index in [1.54, 1.807) is 0 Å². The van der Waals surface area contributed by atoms with Crippen LogP contribution in [0.2, 0.25) is 4.18 Å². The van der Waals surface area contributed by atoms with Crippen LogP contribution in [0, 0.1) is 0 Å². The van der Waals surface area contributed by atoms with Gasteiger partial charge in [0, 0.05) is 0 Å². The van der Waals surface area contributed by atoms with Gasteiger partial charge in [-0.1, -0.05) is 0 Å². The van der Waals surface area contributed by atoms with Gasteiger partial charge in [0.2, 0.25) is 0 Å². The average molecular weight is 217 g/mol. The van der Waals surface area contributed by atoms with Gasteiger partial charge in [-0.25, -0.2) is 0 Å². The van der Waals surface area contributed by atoms with Crippen molar-refractivity contribution in [1.82, 2.24) is 0 Å². The molecule has 0 atom stereocenters. The molecule has 0 unspecified atom stereocenters. The van der Waals surface area contributed by atoms with E-state index >= 15 is 0 Å². The maximum Gasteiger partial charge on any atom is -0.147 e. The molecule has 0 saturated carbocycles. The Balaban J connectivity index is -0.0000000200. The molecule has 0 aliphatic carbocycles. The Morgan fingerprint density at radius 3 is 1.40 bits per heavy atom. The molecule has 0 aromatic rings. The predicted octanol–water partition coefficient (Wildman–Crippen LogP) is 1.44. The molecule has 0 saturated heterocycles. The summed E-state index contributed by atoms with van der Waals surface area (Å²) in [5.74, 6) is 0. The van der Waals surface area contributed by atoms with Gasteiger partial charge in [-0.15, -0.1) is 24.8 Å². The minimum atomic E-state index is 0. The minimum absolute atomic E-state index is 0. The Labute approximate surface area is 60.1 Å². The summed E-state index contributed by atoms with van der Waals surface area (Å²) in [6.45, 7) is 2.18. The van der Waals surface area contributed by atoms with Crippen LogP contribution >= 0.6 is 24.8 Å². The van der Waals surface area contributed by atoms with Crippen LogP contribution in [0.5, 0.6) is 0 Å². The first-order chi connectivity index (χ1) is 1.41. The quantitative estimate of drug-likeness (QED) is 0.575. The normalized spacial score (nSPS) is 3.40. The predicted molar refractivity (Wildman–Crippen MR) is 30.7 cm³/mol. The summed E-state index contributed by atoms with van der Waals surface area (Å²) in [6, 6.07) is 0. The number of hydrogen-bond acceptors (Lipinski definition) is 0. The summed E-state index contributed by atoms with van der Waals surface area (Å²) in [5.41, 5.74) is 0. The van der Waals surface area contributed by atoms with E-state index in [1.807, 2.05) is 0 Å². The summed E-state index contributed by atoms with van der Waals surface area (Å²) in [5, 5.41) is 0. The molecule has 0 heterocycles. The zero-order valence-corrected chi connectivity index (χ0v) is 8.03. The van der Waals surface area contributed by atoms with E-state index in [9.17, 15) is 0 Å². The van der Waals surface area contributed by atoms with Crippen molar-refractivity contribution in [2.45, 2.75) is 11.1 Å². The second-order valence-electron chi connectivity index (χ2n) is 0.408. The van der Waals surface area contributed by atoms with Crippen molar-refractivity contribution in [2.24, 2.45) is 0 Å². The second-order valence-corrected chi connectivity index (χ2v) is 2.74. The van der Waals surface area contributed by atoms with E-state index in [2.05, 4.69) is 6.92 Å². The van der Waals surface area contributed by atoms with Crippen molar-refractivity contribution in [2.75, 3.05) is 0 Å². The average Bonchev–Trinajstić information content (AvgIpc) is 0.918. The molecule has 0 aromatic carbocycles. The molecule has 0 spiro atoms. The van der Waals surface area contributed by atoms with Gasteiger partial charge < -0.3 is 0 Å². The minimum Gasteiger partial charge on any atom is -0.147 e. The van der Waals surface area contributed by atoms with Crippen LogP contribution < -0.4 is 0 Å². The fourth-order valence-corrected chi connectivity index (χ4v) is 0. The van der Waals surface area contributed by atoms with Gasteiger partial charge in [0.15, 0.2) is 0 Å². The molecule has 5 heavy (non-hydrogen) atoms. The molecule has 0 N–H and O–H groups in total. The summed E-state index contributed by atoms with van der Waals surface area (Å²) in [7, 11) is 0. The van der Waals surface area contributed by atoms with Crippen molar-refractivity contribution < 1.29 is 0 Å². The zero-order valence-electron chi connectivity index (χ0n) is 3.10. The van der Waals surface area contributed by atoms with Crippen LogP contribution in [-0.4, -0.2) is 24.4 Å². The Bertz CT molecular complexity index is 7.61. The van der Waals surface area contributed by atoms with E-state index in [1.165, 1.54) is 28.6 Å². The van der Waals surface area contributed by atoms with Crippen molar-refractivity contribution in [1.29, 1.82) is 0 Å². The van der Waals surface area contributed by atoms with Crippen LogP contribution in [0.4, 0.5) is 0 Å². The molecule has 0 aliphatic rings. The third kappa shape index (κ3) is 30.9. The topological polar surface area (TPSA) is 0 Å². The van der Waals surface area contributed by atoms with E-state index in [0.29, 0.717) is 0 Å². The molecule has 3 heteroatoms. The first kappa shape index (κ1) is 16.1. The Morgan fingerprint density at radius 2 is 1.40 bits per heavy atom. The summed E-state index contributed by atoms with van der Waals surface area (Å²) >= 11 is 1.42. The number of rotatable bonds is 0. The summed E-state index contributed by atoms with van der Waals surface area (Å²) < 4.78 is 1.38. The van der Waals surface area contributed by atoms with Crippen LogP contribution in [-0.2, 0) is 0 Å². The molecular formula is C2H7Cl2In. The molecule has 0 nitrogen and oxygen atoms in total. The Morgan fingerprint density at radius 1 is 1.40 bits per heavy atom. The van der Waals surface area contributed by atoms with Crippen molar-refractivity contribution >= 4 is 49.2 Å². The van der Waals surface area contributed by atoms with Crippen LogP contribution in [0.3, 0.4) is 0 Å². The van der Waals surface area contributed by atoms with E-state index in [-0.39, 0.29) is 24.8 Å². The van der Waals surface area contributed by atoms with Gasteiger partial charge in [-0.05, 0) is 0 Å². The second kappa shape index (κ2) is 18.0.